The minimum Gasteiger partial charge on any atom is -0.497 e. The smallest absolute Gasteiger partial charge is 0.349 e. The molecule has 0 radical (unpaired) electrons. The average Bonchev–Trinajstić information content (AvgIpc) is 3.39. The maximum absolute atomic E-state index is 13.1. The molecular formula is C24H24N4O6S. The molecule has 0 saturated heterocycles. The molecule has 4 heterocycles. The van der Waals surface area contributed by atoms with E-state index in [1.165, 1.54) is 18.4 Å². The predicted molar refractivity (Wildman–Crippen MR) is 128 cm³/mol. The van der Waals surface area contributed by atoms with E-state index in [1.54, 1.807) is 36.8 Å². The summed E-state index contributed by atoms with van der Waals surface area (Å²) in [5, 5.41) is 4.45. The van der Waals surface area contributed by atoms with Crippen molar-refractivity contribution in [2.75, 3.05) is 14.2 Å². The third-order valence-corrected chi connectivity index (χ3v) is 7.21. The van der Waals surface area contributed by atoms with E-state index in [0.29, 0.717) is 50.1 Å². The van der Waals surface area contributed by atoms with Gasteiger partial charge in [-0.15, -0.1) is 11.3 Å². The third kappa shape index (κ3) is 4.27. The fraction of sp³-hybridized carbons (Fsp3) is 0.375. The molecule has 0 fully saturated rings. The number of hydrogen-bond acceptors (Lipinski definition) is 10. The van der Waals surface area contributed by atoms with Crippen LogP contribution < -0.4 is 15.0 Å². The van der Waals surface area contributed by atoms with Gasteiger partial charge in [-0.25, -0.2) is 9.78 Å². The zero-order valence-corrected chi connectivity index (χ0v) is 20.4. The highest BCUT2D eigenvalue weighted by Gasteiger charge is 2.24. The average molecular weight is 497 g/mol. The molecule has 0 N–H and O–H groups in total. The van der Waals surface area contributed by atoms with Crippen LogP contribution in [0.5, 0.6) is 11.5 Å². The monoisotopic (exact) mass is 496 g/mol. The third-order valence-electron chi connectivity index (χ3n) is 6.04. The summed E-state index contributed by atoms with van der Waals surface area (Å²) in [6.07, 6.45) is 3.80. The minimum atomic E-state index is -0.563. The molecule has 1 aliphatic rings. The Hall–Kier alpha value is -3.73. The van der Waals surface area contributed by atoms with E-state index < -0.39 is 5.97 Å². The fourth-order valence-electron chi connectivity index (χ4n) is 4.20. The van der Waals surface area contributed by atoms with Gasteiger partial charge >= 0.3 is 5.97 Å². The molecule has 1 aromatic carbocycles. The van der Waals surface area contributed by atoms with Crippen molar-refractivity contribution in [3.63, 3.8) is 0 Å². The first-order valence-corrected chi connectivity index (χ1v) is 12.1. The molecule has 10 nitrogen and oxygen atoms in total. The number of rotatable bonds is 6. The zero-order valence-electron chi connectivity index (χ0n) is 19.6. The number of thiophene rings is 1. The SMILES string of the molecule is COc1ccc(-c2noc(COC(=O)c3sc4nc5n(c(=O)c4c3C)CCCCC5)n2)c(OC)c1. The summed E-state index contributed by atoms with van der Waals surface area (Å²) < 4.78 is 23.0. The van der Waals surface area contributed by atoms with Crippen molar-refractivity contribution in [3.8, 4) is 22.9 Å². The van der Waals surface area contributed by atoms with E-state index in [2.05, 4.69) is 10.1 Å². The first kappa shape index (κ1) is 23.0. The highest BCUT2D eigenvalue weighted by molar-refractivity contribution is 7.20. The van der Waals surface area contributed by atoms with E-state index in [9.17, 15) is 9.59 Å². The highest BCUT2D eigenvalue weighted by Crippen LogP contribution is 2.32. The Balaban J connectivity index is 1.36. The van der Waals surface area contributed by atoms with E-state index in [1.807, 2.05) is 0 Å². The molecule has 0 bridgehead atoms. The van der Waals surface area contributed by atoms with Crippen LogP contribution in [0.1, 0.15) is 46.2 Å². The Morgan fingerprint density at radius 3 is 2.83 bits per heavy atom. The van der Waals surface area contributed by atoms with Gasteiger partial charge in [0.05, 0.1) is 25.2 Å². The van der Waals surface area contributed by atoms with Gasteiger partial charge in [-0.2, -0.15) is 4.98 Å². The molecule has 11 heteroatoms. The second kappa shape index (κ2) is 9.49. The van der Waals surface area contributed by atoms with Gasteiger partial charge in [-0.05, 0) is 37.5 Å². The number of aryl methyl sites for hydroxylation is 2. The highest BCUT2D eigenvalue weighted by atomic mass is 32.1. The van der Waals surface area contributed by atoms with Crippen LogP contribution in [-0.4, -0.2) is 39.9 Å². The molecule has 3 aromatic heterocycles. The Labute approximate surface area is 204 Å². The number of aromatic nitrogens is 4. The molecule has 0 atom stereocenters. The molecule has 1 aliphatic heterocycles. The molecule has 35 heavy (non-hydrogen) atoms. The van der Waals surface area contributed by atoms with E-state index in [0.717, 1.165) is 31.5 Å². The lowest BCUT2D eigenvalue weighted by molar-refractivity contribution is 0.0435. The van der Waals surface area contributed by atoms with Crippen molar-refractivity contribution >= 4 is 27.5 Å². The number of carbonyl (C=O) groups excluding carboxylic acids is 1. The van der Waals surface area contributed by atoms with Crippen LogP contribution in [0.15, 0.2) is 27.5 Å². The Bertz CT molecular complexity index is 1470. The van der Waals surface area contributed by atoms with Crippen LogP contribution in [-0.2, 0) is 24.3 Å². The maximum atomic E-state index is 13.1. The van der Waals surface area contributed by atoms with Crippen LogP contribution in [0.2, 0.25) is 0 Å². The van der Waals surface area contributed by atoms with E-state index in [4.69, 9.17) is 23.7 Å². The summed E-state index contributed by atoms with van der Waals surface area (Å²) in [5.74, 6) is 1.81. The first-order valence-electron chi connectivity index (χ1n) is 11.2. The quantitative estimate of drug-likeness (QED) is 0.366. The molecule has 4 aromatic rings. The van der Waals surface area contributed by atoms with Crippen LogP contribution >= 0.6 is 11.3 Å². The number of ether oxygens (including phenoxy) is 3. The summed E-state index contributed by atoms with van der Waals surface area (Å²) in [7, 11) is 3.10. The summed E-state index contributed by atoms with van der Waals surface area (Å²) in [4.78, 5) is 35.9. The van der Waals surface area contributed by atoms with Crippen LogP contribution in [0.25, 0.3) is 21.6 Å². The Morgan fingerprint density at radius 2 is 2.03 bits per heavy atom. The summed E-state index contributed by atoms with van der Waals surface area (Å²) >= 11 is 1.18. The number of fused-ring (bicyclic) bond motifs is 2. The summed E-state index contributed by atoms with van der Waals surface area (Å²) in [5.41, 5.74) is 1.11. The normalized spacial score (nSPS) is 13.3. The molecule has 0 aliphatic carbocycles. The first-order chi connectivity index (χ1) is 17.0. The van der Waals surface area contributed by atoms with Gasteiger partial charge < -0.3 is 18.7 Å². The molecule has 182 valence electrons. The van der Waals surface area contributed by atoms with E-state index >= 15 is 0 Å². The largest absolute Gasteiger partial charge is 0.497 e. The zero-order chi connectivity index (χ0) is 24.5. The van der Waals surface area contributed by atoms with Crippen molar-refractivity contribution < 1.29 is 23.5 Å². The molecule has 0 unspecified atom stereocenters. The number of esters is 1. The van der Waals surface area contributed by atoms with Crippen molar-refractivity contribution in [1.82, 2.24) is 19.7 Å². The standard InChI is InChI=1S/C24H24N4O6S/c1-13-19-22(25-17-7-5-4-6-10-28(17)23(19)29)35-20(13)24(30)33-12-18-26-21(27-34-18)15-9-8-14(31-2)11-16(15)32-3/h8-9,11H,4-7,10,12H2,1-3H3. The van der Waals surface area contributed by atoms with Crippen LogP contribution in [0.4, 0.5) is 0 Å². The number of carbonyl (C=O) groups is 1. The van der Waals surface area contributed by atoms with Gasteiger partial charge in [0.25, 0.3) is 11.4 Å². The number of hydrogen-bond donors (Lipinski definition) is 0. The van der Waals surface area contributed by atoms with Crippen LogP contribution in [0, 0.1) is 6.92 Å². The lowest BCUT2D eigenvalue weighted by Gasteiger charge is -2.08. The van der Waals surface area contributed by atoms with Crippen molar-refractivity contribution in [2.24, 2.45) is 0 Å². The Morgan fingerprint density at radius 1 is 1.17 bits per heavy atom. The van der Waals surface area contributed by atoms with Gasteiger partial charge in [-0.1, -0.05) is 11.6 Å². The molecule has 0 saturated carbocycles. The lowest BCUT2D eigenvalue weighted by atomic mass is 10.2. The lowest BCUT2D eigenvalue weighted by Crippen LogP contribution is -2.24. The van der Waals surface area contributed by atoms with Crippen molar-refractivity contribution in [3.05, 3.63) is 50.7 Å². The van der Waals surface area contributed by atoms with Gasteiger partial charge in [0.1, 0.15) is 27.0 Å². The van der Waals surface area contributed by atoms with Crippen LogP contribution in [0.3, 0.4) is 0 Å². The number of nitrogens with zero attached hydrogens (tertiary/aromatic N) is 4. The molecule has 0 spiro atoms. The minimum absolute atomic E-state index is 0.0883. The summed E-state index contributed by atoms with van der Waals surface area (Å²) in [6.45, 7) is 2.20. The number of methoxy groups -OCH3 is 2. The van der Waals surface area contributed by atoms with E-state index in [-0.39, 0.29) is 18.1 Å². The van der Waals surface area contributed by atoms with Gasteiger partial charge in [0, 0.05) is 19.0 Å². The molecule has 0 amide bonds. The second-order valence-corrected chi connectivity index (χ2v) is 9.18. The van der Waals surface area contributed by atoms with Gasteiger partial charge in [0.2, 0.25) is 5.82 Å². The fourth-order valence-corrected chi connectivity index (χ4v) is 5.29. The maximum Gasteiger partial charge on any atom is 0.349 e. The summed E-state index contributed by atoms with van der Waals surface area (Å²) in [6, 6.07) is 5.23. The topological polar surface area (TPSA) is 119 Å². The predicted octanol–water partition coefficient (Wildman–Crippen LogP) is 3.92. The van der Waals surface area contributed by atoms with Crippen molar-refractivity contribution in [1.29, 1.82) is 0 Å². The van der Waals surface area contributed by atoms with Gasteiger partial charge in [0.15, 0.2) is 6.61 Å². The number of benzene rings is 1. The molecule has 5 rings (SSSR count). The van der Waals surface area contributed by atoms with Gasteiger partial charge in [-0.3, -0.25) is 9.36 Å². The Kier molecular flexibility index (Phi) is 6.25. The molecular weight excluding hydrogens is 472 g/mol. The van der Waals surface area contributed by atoms with Crippen molar-refractivity contribution in [2.45, 2.75) is 45.8 Å². The second-order valence-electron chi connectivity index (χ2n) is 8.19.